The van der Waals surface area contributed by atoms with E-state index in [0.717, 1.165) is 26.2 Å². The number of fused-ring (bicyclic) bond motifs is 2. The molecular weight excluding hydrogens is 214 g/mol. The number of carbonyl (C=O) groups excluding carboxylic acids is 1. The van der Waals surface area contributed by atoms with Crippen molar-refractivity contribution in [3.8, 4) is 0 Å². The van der Waals surface area contributed by atoms with Crippen LogP contribution < -0.4 is 16.4 Å². The van der Waals surface area contributed by atoms with Crippen LogP contribution in [0.25, 0.3) is 0 Å². The lowest BCUT2D eigenvalue weighted by Gasteiger charge is -2.19. The van der Waals surface area contributed by atoms with Crippen LogP contribution in [0.3, 0.4) is 0 Å². The third kappa shape index (κ3) is 1.83. The molecule has 2 unspecified atom stereocenters. The second-order valence-corrected chi connectivity index (χ2v) is 4.89. The molecule has 17 heavy (non-hydrogen) atoms. The highest BCUT2D eigenvalue weighted by atomic mass is 16.1. The van der Waals surface area contributed by atoms with Gasteiger partial charge in [0.15, 0.2) is 0 Å². The molecule has 1 aliphatic carbocycles. The molecule has 1 saturated heterocycles. The fraction of sp³-hybridized carbons (Fsp3) is 0.462. The van der Waals surface area contributed by atoms with Gasteiger partial charge in [-0.15, -0.1) is 0 Å². The molecule has 2 atom stereocenters. The van der Waals surface area contributed by atoms with Gasteiger partial charge < -0.3 is 16.4 Å². The van der Waals surface area contributed by atoms with E-state index in [1.54, 1.807) is 0 Å². The summed E-state index contributed by atoms with van der Waals surface area (Å²) in [5.74, 6) is 0.557. The van der Waals surface area contributed by atoms with Crippen molar-refractivity contribution in [2.24, 2.45) is 17.6 Å². The van der Waals surface area contributed by atoms with Gasteiger partial charge in [-0.25, -0.2) is 0 Å². The molecule has 0 aromatic carbocycles. The van der Waals surface area contributed by atoms with E-state index < -0.39 is 0 Å². The van der Waals surface area contributed by atoms with E-state index >= 15 is 0 Å². The highest BCUT2D eigenvalue weighted by Gasteiger charge is 2.29. The number of nitrogens with two attached hydrogens (primary N) is 1. The van der Waals surface area contributed by atoms with E-state index in [9.17, 15) is 4.79 Å². The van der Waals surface area contributed by atoms with E-state index in [1.807, 2.05) is 12.2 Å². The fourth-order valence-electron chi connectivity index (χ4n) is 2.94. The maximum absolute atomic E-state index is 11.2. The Balaban J connectivity index is 1.99. The Morgan fingerprint density at radius 2 is 2.06 bits per heavy atom. The predicted octanol–water partition coefficient (Wildman–Crippen LogP) is -0.297. The van der Waals surface area contributed by atoms with Crippen LogP contribution in [0.5, 0.6) is 0 Å². The Labute approximate surface area is 101 Å². The number of primary amides is 1. The maximum Gasteiger partial charge on any atom is 0.248 e. The third-order valence-corrected chi connectivity index (χ3v) is 3.83. The summed E-state index contributed by atoms with van der Waals surface area (Å²) in [6.45, 7) is 3.95. The summed E-state index contributed by atoms with van der Waals surface area (Å²) in [5, 5.41) is 6.88. The highest BCUT2D eigenvalue weighted by molar-refractivity contribution is 5.95. The number of hydrogen-bond donors (Lipinski definition) is 3. The van der Waals surface area contributed by atoms with Gasteiger partial charge in [-0.2, -0.15) is 0 Å². The summed E-state index contributed by atoms with van der Waals surface area (Å²) in [7, 11) is 0. The predicted molar refractivity (Wildman–Crippen MR) is 66.2 cm³/mol. The minimum Gasteiger partial charge on any atom is -0.366 e. The zero-order valence-corrected chi connectivity index (χ0v) is 9.70. The molecule has 0 aromatic rings. The Kier molecular flexibility index (Phi) is 2.61. The average molecular weight is 231 g/mol. The summed E-state index contributed by atoms with van der Waals surface area (Å²) in [4.78, 5) is 11.2. The second kappa shape index (κ2) is 4.13. The Morgan fingerprint density at radius 1 is 1.24 bits per heavy atom. The molecule has 90 valence electrons. The largest absolute Gasteiger partial charge is 0.366 e. The highest BCUT2D eigenvalue weighted by Crippen LogP contribution is 2.31. The third-order valence-electron chi connectivity index (χ3n) is 3.83. The second-order valence-electron chi connectivity index (χ2n) is 4.89. The lowest BCUT2D eigenvalue weighted by Crippen LogP contribution is -2.27. The number of rotatable bonds is 1. The number of nitrogens with one attached hydrogen (secondary N) is 2. The van der Waals surface area contributed by atoms with E-state index in [4.69, 9.17) is 5.73 Å². The van der Waals surface area contributed by atoms with Crippen LogP contribution in [0.15, 0.2) is 34.9 Å². The minimum absolute atomic E-state index is 0.294. The number of amides is 1. The monoisotopic (exact) mass is 231 g/mol. The van der Waals surface area contributed by atoms with E-state index in [2.05, 4.69) is 16.7 Å². The zero-order valence-electron chi connectivity index (χ0n) is 9.70. The van der Waals surface area contributed by atoms with Crippen LogP contribution >= 0.6 is 0 Å². The standard InChI is InChI=1S/C13H17N3O/c14-13(17)8-1-2-11-9(3-8)4-15-5-10-6-16-7-12(10)11/h1-3,9-10,15-16H,4-7H2,(H2,14,17). The van der Waals surface area contributed by atoms with Crippen LogP contribution in [0.4, 0.5) is 0 Å². The smallest absolute Gasteiger partial charge is 0.248 e. The fourth-order valence-corrected chi connectivity index (χ4v) is 2.94. The van der Waals surface area contributed by atoms with Gasteiger partial charge in [-0.1, -0.05) is 12.2 Å². The molecule has 3 rings (SSSR count). The molecule has 4 N–H and O–H groups in total. The average Bonchev–Trinajstić information content (AvgIpc) is 2.71. The summed E-state index contributed by atoms with van der Waals surface area (Å²) in [5.41, 5.74) is 8.82. The molecule has 0 aromatic heterocycles. The quantitative estimate of drug-likeness (QED) is 0.580. The van der Waals surface area contributed by atoms with Gasteiger partial charge in [-0.05, 0) is 17.2 Å². The topological polar surface area (TPSA) is 67.2 Å². The zero-order chi connectivity index (χ0) is 11.8. The van der Waals surface area contributed by atoms with Gasteiger partial charge in [0.05, 0.1) is 0 Å². The first-order valence-corrected chi connectivity index (χ1v) is 6.10. The van der Waals surface area contributed by atoms with Gasteiger partial charge in [-0.3, -0.25) is 4.79 Å². The molecule has 3 aliphatic rings. The first-order valence-electron chi connectivity index (χ1n) is 6.10. The summed E-state index contributed by atoms with van der Waals surface area (Å²) >= 11 is 0. The molecule has 0 spiro atoms. The molecule has 4 heteroatoms. The van der Waals surface area contributed by atoms with Crippen molar-refractivity contribution in [1.29, 1.82) is 0 Å². The van der Waals surface area contributed by atoms with E-state index in [1.165, 1.54) is 11.1 Å². The number of carbonyl (C=O) groups is 1. The maximum atomic E-state index is 11.2. The van der Waals surface area contributed by atoms with Gasteiger partial charge in [0.2, 0.25) is 5.91 Å². The van der Waals surface area contributed by atoms with Crippen molar-refractivity contribution in [3.05, 3.63) is 34.9 Å². The lowest BCUT2D eigenvalue weighted by molar-refractivity contribution is -0.114. The summed E-state index contributed by atoms with van der Waals surface area (Å²) < 4.78 is 0. The molecule has 2 aliphatic heterocycles. The molecule has 4 nitrogen and oxygen atoms in total. The van der Waals surface area contributed by atoms with Crippen LogP contribution in [0, 0.1) is 11.8 Å². The van der Waals surface area contributed by atoms with Gasteiger partial charge >= 0.3 is 0 Å². The number of hydrogen-bond acceptors (Lipinski definition) is 3. The van der Waals surface area contributed by atoms with E-state index in [-0.39, 0.29) is 5.91 Å². The van der Waals surface area contributed by atoms with Crippen molar-refractivity contribution in [2.75, 3.05) is 26.2 Å². The van der Waals surface area contributed by atoms with Gasteiger partial charge in [0, 0.05) is 43.6 Å². The van der Waals surface area contributed by atoms with Gasteiger partial charge in [0.25, 0.3) is 0 Å². The Morgan fingerprint density at radius 3 is 2.88 bits per heavy atom. The normalized spacial score (nSPS) is 31.6. The molecule has 0 bridgehead atoms. The minimum atomic E-state index is -0.337. The van der Waals surface area contributed by atoms with Crippen molar-refractivity contribution >= 4 is 5.91 Å². The molecule has 1 amide bonds. The van der Waals surface area contributed by atoms with Crippen LogP contribution in [-0.4, -0.2) is 32.1 Å². The molecule has 1 fully saturated rings. The molecule has 0 saturated carbocycles. The van der Waals surface area contributed by atoms with Gasteiger partial charge in [0.1, 0.15) is 0 Å². The van der Waals surface area contributed by atoms with Crippen molar-refractivity contribution in [2.45, 2.75) is 0 Å². The molecular formula is C13H17N3O. The van der Waals surface area contributed by atoms with Crippen molar-refractivity contribution < 1.29 is 4.79 Å². The SMILES string of the molecule is NC(=O)C1=CC2CNCC3CNCC3=C2C=C1. The van der Waals surface area contributed by atoms with Crippen LogP contribution in [-0.2, 0) is 4.79 Å². The van der Waals surface area contributed by atoms with E-state index in [0.29, 0.717) is 17.4 Å². The molecule has 2 heterocycles. The van der Waals surface area contributed by atoms with Crippen molar-refractivity contribution in [1.82, 2.24) is 10.6 Å². The van der Waals surface area contributed by atoms with Crippen molar-refractivity contribution in [3.63, 3.8) is 0 Å². The molecule has 0 radical (unpaired) electrons. The Hall–Kier alpha value is -1.39. The number of allylic oxidation sites excluding steroid dienone is 1. The Bertz CT molecular complexity index is 448. The summed E-state index contributed by atoms with van der Waals surface area (Å²) in [6.07, 6.45) is 5.92. The first kappa shape index (κ1) is 10.7. The van der Waals surface area contributed by atoms with Crippen LogP contribution in [0.2, 0.25) is 0 Å². The lowest BCUT2D eigenvalue weighted by atomic mass is 9.86. The van der Waals surface area contributed by atoms with Crippen LogP contribution in [0.1, 0.15) is 0 Å². The first-order chi connectivity index (χ1) is 8.25. The summed E-state index contributed by atoms with van der Waals surface area (Å²) in [6, 6.07) is 0.